The van der Waals surface area contributed by atoms with Gasteiger partial charge in [-0.05, 0) is 0 Å². The summed E-state index contributed by atoms with van der Waals surface area (Å²) in [4.78, 5) is 2.97. The predicted molar refractivity (Wildman–Crippen MR) is 39.0 cm³/mol. The summed E-state index contributed by atoms with van der Waals surface area (Å²) < 4.78 is 38.5. The maximum absolute atomic E-state index is 11.7. The first kappa shape index (κ1) is 10.9. The molecule has 15 heavy (non-hydrogen) atoms. The number of nitriles is 1. The van der Waals surface area contributed by atoms with Crippen molar-refractivity contribution in [1.82, 2.24) is 4.98 Å². The van der Waals surface area contributed by atoms with Crippen molar-refractivity contribution in [3.8, 4) is 23.4 Å². The SMILES string of the molecule is N#Cc1nc(OC(F)(F)F)c(O)cc1O. The average molecular weight is 220 g/mol. The van der Waals surface area contributed by atoms with E-state index in [2.05, 4.69) is 9.72 Å². The Balaban J connectivity index is 3.15. The molecule has 0 aliphatic carbocycles. The molecular formula is C7H3F3N2O3. The van der Waals surface area contributed by atoms with Gasteiger partial charge in [0.2, 0.25) is 0 Å². The van der Waals surface area contributed by atoms with E-state index in [1.807, 2.05) is 0 Å². The van der Waals surface area contributed by atoms with Crippen LogP contribution in [0.2, 0.25) is 0 Å². The first-order chi connectivity index (χ1) is 6.83. The Morgan fingerprint density at radius 1 is 1.33 bits per heavy atom. The number of aromatic hydroxyl groups is 2. The van der Waals surface area contributed by atoms with E-state index in [9.17, 15) is 13.2 Å². The Morgan fingerprint density at radius 2 is 1.93 bits per heavy atom. The fraction of sp³-hybridized carbons (Fsp3) is 0.143. The van der Waals surface area contributed by atoms with E-state index in [1.165, 1.54) is 6.07 Å². The van der Waals surface area contributed by atoms with Gasteiger partial charge in [0.05, 0.1) is 0 Å². The largest absolute Gasteiger partial charge is 0.574 e. The Morgan fingerprint density at radius 3 is 2.40 bits per heavy atom. The summed E-state index contributed by atoms with van der Waals surface area (Å²) in [7, 11) is 0. The maximum Gasteiger partial charge on any atom is 0.574 e. The molecule has 0 radical (unpaired) electrons. The second-order valence-corrected chi connectivity index (χ2v) is 2.34. The van der Waals surface area contributed by atoms with Crippen molar-refractivity contribution >= 4 is 0 Å². The van der Waals surface area contributed by atoms with Gasteiger partial charge in [-0.25, -0.2) is 0 Å². The average Bonchev–Trinajstić information content (AvgIpc) is 2.07. The van der Waals surface area contributed by atoms with Crippen LogP contribution in [-0.4, -0.2) is 21.6 Å². The summed E-state index contributed by atoms with van der Waals surface area (Å²) in [6.45, 7) is 0. The zero-order valence-electron chi connectivity index (χ0n) is 6.91. The molecule has 0 fully saturated rings. The van der Waals surface area contributed by atoms with E-state index < -0.39 is 29.4 Å². The van der Waals surface area contributed by atoms with Crippen molar-refractivity contribution in [2.45, 2.75) is 6.36 Å². The monoisotopic (exact) mass is 220 g/mol. The summed E-state index contributed by atoms with van der Waals surface area (Å²) in [6, 6.07) is 1.86. The number of nitrogens with zero attached hydrogens (tertiary/aromatic N) is 2. The molecule has 8 heteroatoms. The van der Waals surface area contributed by atoms with Crippen LogP contribution in [-0.2, 0) is 0 Å². The molecule has 0 aromatic carbocycles. The zero-order valence-corrected chi connectivity index (χ0v) is 6.91. The molecule has 0 bridgehead atoms. The van der Waals surface area contributed by atoms with Gasteiger partial charge in [-0.15, -0.1) is 13.2 Å². The van der Waals surface area contributed by atoms with Crippen molar-refractivity contribution in [3.63, 3.8) is 0 Å². The van der Waals surface area contributed by atoms with Gasteiger partial charge in [0.25, 0.3) is 5.88 Å². The first-order valence-electron chi connectivity index (χ1n) is 3.42. The first-order valence-corrected chi connectivity index (χ1v) is 3.42. The fourth-order valence-corrected chi connectivity index (χ4v) is 0.743. The fourth-order valence-electron chi connectivity index (χ4n) is 0.743. The van der Waals surface area contributed by atoms with Crippen LogP contribution in [0, 0.1) is 11.3 Å². The maximum atomic E-state index is 11.7. The second kappa shape index (κ2) is 3.53. The molecule has 0 aliphatic rings. The number of hydrogen-bond donors (Lipinski definition) is 2. The van der Waals surface area contributed by atoms with Crippen molar-refractivity contribution in [1.29, 1.82) is 5.26 Å². The van der Waals surface area contributed by atoms with E-state index in [0.29, 0.717) is 6.07 Å². The van der Waals surface area contributed by atoms with E-state index >= 15 is 0 Å². The Kier molecular flexibility index (Phi) is 2.57. The van der Waals surface area contributed by atoms with Crippen molar-refractivity contribution < 1.29 is 28.1 Å². The summed E-state index contributed by atoms with van der Waals surface area (Å²) in [6.07, 6.45) is -5.03. The third-order valence-electron chi connectivity index (χ3n) is 1.27. The minimum atomic E-state index is -5.03. The highest BCUT2D eigenvalue weighted by Crippen LogP contribution is 2.32. The number of alkyl halides is 3. The highest BCUT2D eigenvalue weighted by Gasteiger charge is 2.33. The number of aromatic nitrogens is 1. The number of ether oxygens (including phenoxy) is 1. The molecule has 0 aliphatic heterocycles. The third-order valence-corrected chi connectivity index (χ3v) is 1.27. The van der Waals surface area contributed by atoms with E-state index in [0.717, 1.165) is 0 Å². The van der Waals surface area contributed by atoms with Crippen molar-refractivity contribution in [2.24, 2.45) is 0 Å². The molecule has 0 saturated heterocycles. The Labute approximate surface area is 81.0 Å². The number of pyridine rings is 1. The topological polar surface area (TPSA) is 86.4 Å². The highest BCUT2D eigenvalue weighted by atomic mass is 19.4. The zero-order chi connectivity index (χ0) is 11.6. The minimum Gasteiger partial charge on any atom is -0.505 e. The third kappa shape index (κ3) is 2.63. The van der Waals surface area contributed by atoms with Crippen molar-refractivity contribution in [3.05, 3.63) is 11.8 Å². The molecule has 80 valence electrons. The number of rotatable bonds is 1. The molecule has 0 saturated carbocycles. The van der Waals surface area contributed by atoms with Gasteiger partial charge in [-0.1, -0.05) is 0 Å². The molecule has 1 aromatic rings. The molecule has 0 amide bonds. The van der Waals surface area contributed by atoms with Crippen LogP contribution >= 0.6 is 0 Å². The quantitative estimate of drug-likeness (QED) is 0.743. The molecule has 0 unspecified atom stereocenters. The van der Waals surface area contributed by atoms with Crippen LogP contribution in [0.15, 0.2) is 6.07 Å². The van der Waals surface area contributed by atoms with Crippen molar-refractivity contribution in [2.75, 3.05) is 0 Å². The lowest BCUT2D eigenvalue weighted by Gasteiger charge is -2.09. The summed E-state index contributed by atoms with van der Waals surface area (Å²) >= 11 is 0. The van der Waals surface area contributed by atoms with Crippen LogP contribution in [0.1, 0.15) is 5.69 Å². The lowest BCUT2D eigenvalue weighted by atomic mass is 10.3. The van der Waals surface area contributed by atoms with Gasteiger partial charge in [-0.3, -0.25) is 0 Å². The minimum absolute atomic E-state index is 0.534. The summed E-state index contributed by atoms with van der Waals surface area (Å²) in [5.41, 5.74) is -0.674. The molecular weight excluding hydrogens is 217 g/mol. The van der Waals surface area contributed by atoms with Crippen LogP contribution < -0.4 is 4.74 Å². The van der Waals surface area contributed by atoms with Crippen LogP contribution in [0.5, 0.6) is 17.4 Å². The van der Waals surface area contributed by atoms with E-state index in [4.69, 9.17) is 15.5 Å². The molecule has 1 aromatic heterocycles. The highest BCUT2D eigenvalue weighted by molar-refractivity contribution is 5.46. The second-order valence-electron chi connectivity index (χ2n) is 2.34. The van der Waals surface area contributed by atoms with Gasteiger partial charge in [0.15, 0.2) is 17.2 Å². The molecule has 1 rings (SSSR count). The van der Waals surface area contributed by atoms with Crippen LogP contribution in [0.4, 0.5) is 13.2 Å². The normalized spacial score (nSPS) is 10.8. The summed E-state index contributed by atoms with van der Waals surface area (Å²) in [5.74, 6) is -2.93. The predicted octanol–water partition coefficient (Wildman–Crippen LogP) is 1.26. The standard InChI is InChI=1S/C7H3F3N2O3/c8-7(9,10)15-6-5(14)1-4(13)3(2-11)12-6/h1,13-14H. The molecule has 0 atom stereocenters. The molecule has 5 nitrogen and oxygen atoms in total. The van der Waals surface area contributed by atoms with Gasteiger partial charge < -0.3 is 14.9 Å². The van der Waals surface area contributed by atoms with E-state index in [-0.39, 0.29) is 0 Å². The van der Waals surface area contributed by atoms with Gasteiger partial charge in [0, 0.05) is 6.07 Å². The molecule has 2 N–H and O–H groups in total. The van der Waals surface area contributed by atoms with Crippen LogP contribution in [0.25, 0.3) is 0 Å². The lowest BCUT2D eigenvalue weighted by Crippen LogP contribution is -2.18. The number of halogens is 3. The lowest BCUT2D eigenvalue weighted by molar-refractivity contribution is -0.276. The van der Waals surface area contributed by atoms with E-state index in [1.54, 1.807) is 0 Å². The van der Waals surface area contributed by atoms with Gasteiger partial charge >= 0.3 is 6.36 Å². The number of hydrogen-bond acceptors (Lipinski definition) is 5. The van der Waals surface area contributed by atoms with Gasteiger partial charge in [-0.2, -0.15) is 10.2 Å². The van der Waals surface area contributed by atoms with Gasteiger partial charge in [0.1, 0.15) is 6.07 Å². The smallest absolute Gasteiger partial charge is 0.505 e. The Bertz CT molecular complexity index is 425. The van der Waals surface area contributed by atoms with Crippen LogP contribution in [0.3, 0.4) is 0 Å². The summed E-state index contributed by atoms with van der Waals surface area (Å²) in [5, 5.41) is 26.2. The molecule has 1 heterocycles. The molecule has 0 spiro atoms. The Hall–Kier alpha value is -2.17.